The van der Waals surface area contributed by atoms with E-state index in [2.05, 4.69) is 9.97 Å². The number of thiazole rings is 1. The quantitative estimate of drug-likeness (QED) is 0.884. The summed E-state index contributed by atoms with van der Waals surface area (Å²) < 4.78 is 0. The number of nitrogens with zero attached hydrogens (tertiary/aromatic N) is 2. The van der Waals surface area contributed by atoms with E-state index in [1.807, 2.05) is 37.4 Å². The lowest BCUT2D eigenvalue weighted by Crippen LogP contribution is -2.22. The molecule has 0 saturated carbocycles. The van der Waals surface area contributed by atoms with E-state index in [0.717, 1.165) is 16.4 Å². The van der Waals surface area contributed by atoms with Crippen molar-refractivity contribution < 1.29 is 9.90 Å². The molecule has 0 aromatic carbocycles. The summed E-state index contributed by atoms with van der Waals surface area (Å²) in [6.07, 6.45) is 1.74. The van der Waals surface area contributed by atoms with Gasteiger partial charge in [0.25, 0.3) is 0 Å². The van der Waals surface area contributed by atoms with Crippen LogP contribution in [0.1, 0.15) is 19.5 Å². The van der Waals surface area contributed by atoms with Crippen LogP contribution in [0.5, 0.6) is 0 Å². The van der Waals surface area contributed by atoms with E-state index in [-0.39, 0.29) is 5.92 Å². The van der Waals surface area contributed by atoms with Crippen LogP contribution in [0.3, 0.4) is 0 Å². The van der Waals surface area contributed by atoms with Gasteiger partial charge in [0.1, 0.15) is 10.3 Å². The zero-order chi connectivity index (χ0) is 14.5. The van der Waals surface area contributed by atoms with Crippen molar-refractivity contribution in [1.29, 1.82) is 0 Å². The molecule has 6 heteroatoms. The van der Waals surface area contributed by atoms with E-state index in [0.29, 0.717) is 5.75 Å². The van der Waals surface area contributed by atoms with Gasteiger partial charge in [-0.15, -0.1) is 23.1 Å². The number of aromatic nitrogens is 2. The van der Waals surface area contributed by atoms with Crippen molar-refractivity contribution in [2.24, 2.45) is 5.92 Å². The normalized spacial score (nSPS) is 12.6. The maximum absolute atomic E-state index is 11.1. The van der Waals surface area contributed by atoms with Crippen molar-refractivity contribution in [3.05, 3.63) is 35.5 Å². The first-order chi connectivity index (χ1) is 9.58. The van der Waals surface area contributed by atoms with Crippen LogP contribution in [0.25, 0.3) is 10.7 Å². The number of aliphatic carboxylic acids is 1. The lowest BCUT2D eigenvalue weighted by Gasteiger charge is -2.14. The predicted octanol–water partition coefficient (Wildman–Crippen LogP) is 3.55. The zero-order valence-corrected chi connectivity index (χ0v) is 12.9. The summed E-state index contributed by atoms with van der Waals surface area (Å²) >= 11 is 2.96. The third-order valence-electron chi connectivity index (χ3n) is 2.70. The van der Waals surface area contributed by atoms with Crippen molar-refractivity contribution in [3.63, 3.8) is 0 Å². The molecule has 0 aliphatic rings. The molecule has 1 N–H and O–H groups in total. The van der Waals surface area contributed by atoms with Gasteiger partial charge in [0, 0.05) is 17.3 Å². The Kier molecular flexibility index (Phi) is 5.14. The Bertz CT molecular complexity index is 570. The topological polar surface area (TPSA) is 63.1 Å². The Morgan fingerprint density at radius 1 is 1.45 bits per heavy atom. The van der Waals surface area contributed by atoms with Crippen LogP contribution >= 0.6 is 23.1 Å². The van der Waals surface area contributed by atoms with E-state index in [1.54, 1.807) is 6.20 Å². The molecule has 106 valence electrons. The average Bonchev–Trinajstić information content (AvgIpc) is 2.88. The number of hydrogen-bond donors (Lipinski definition) is 1. The summed E-state index contributed by atoms with van der Waals surface area (Å²) in [6.45, 7) is 3.85. The number of thioether (sulfide) groups is 1. The fourth-order valence-corrected chi connectivity index (χ4v) is 3.63. The molecule has 0 fully saturated rings. The van der Waals surface area contributed by atoms with Gasteiger partial charge in [-0.3, -0.25) is 9.78 Å². The average molecular weight is 308 g/mol. The second kappa shape index (κ2) is 6.85. The van der Waals surface area contributed by atoms with E-state index in [4.69, 9.17) is 5.11 Å². The lowest BCUT2D eigenvalue weighted by atomic mass is 10.1. The number of pyridine rings is 1. The number of carbonyl (C=O) groups is 1. The molecule has 1 unspecified atom stereocenters. The first-order valence-electron chi connectivity index (χ1n) is 6.28. The van der Waals surface area contributed by atoms with E-state index in [9.17, 15) is 4.79 Å². The molecule has 1 atom stereocenters. The number of rotatable bonds is 6. The maximum atomic E-state index is 11.1. The van der Waals surface area contributed by atoms with Crippen molar-refractivity contribution in [1.82, 2.24) is 9.97 Å². The minimum atomic E-state index is -0.759. The summed E-state index contributed by atoms with van der Waals surface area (Å²) in [5.41, 5.74) is 1.76. The molecule has 2 rings (SSSR count). The van der Waals surface area contributed by atoms with Gasteiger partial charge in [-0.1, -0.05) is 19.9 Å². The van der Waals surface area contributed by atoms with Crippen LogP contribution < -0.4 is 0 Å². The first kappa shape index (κ1) is 15.0. The highest BCUT2D eigenvalue weighted by atomic mass is 32.2. The predicted molar refractivity (Wildman–Crippen MR) is 82.9 cm³/mol. The zero-order valence-electron chi connectivity index (χ0n) is 11.3. The molecule has 0 bridgehead atoms. The van der Waals surface area contributed by atoms with Gasteiger partial charge in [-0.25, -0.2) is 4.98 Å². The molecular formula is C14H16N2O2S2. The van der Waals surface area contributed by atoms with Crippen molar-refractivity contribution >= 4 is 29.1 Å². The van der Waals surface area contributed by atoms with Gasteiger partial charge in [0.05, 0.1) is 11.4 Å². The number of hydrogen-bond acceptors (Lipinski definition) is 5. The Labute approximate surface area is 126 Å². The molecule has 20 heavy (non-hydrogen) atoms. The Morgan fingerprint density at radius 2 is 2.25 bits per heavy atom. The SMILES string of the molecule is CC(C)C(SCc1csc(-c2ccccn2)n1)C(=O)O. The Hall–Kier alpha value is -1.40. The smallest absolute Gasteiger partial charge is 0.316 e. The van der Waals surface area contributed by atoms with Gasteiger partial charge in [-0.05, 0) is 18.1 Å². The molecule has 4 nitrogen and oxygen atoms in total. The molecule has 2 aromatic heterocycles. The van der Waals surface area contributed by atoms with Gasteiger partial charge in [-0.2, -0.15) is 0 Å². The highest BCUT2D eigenvalue weighted by molar-refractivity contribution is 7.99. The third kappa shape index (κ3) is 3.80. The summed E-state index contributed by atoms with van der Waals surface area (Å²) in [7, 11) is 0. The standard InChI is InChI=1S/C14H16N2O2S2/c1-9(2)12(14(17)18)19-7-10-8-20-13(16-10)11-5-3-4-6-15-11/h3-6,8-9,12H,7H2,1-2H3,(H,17,18). The second-order valence-electron chi connectivity index (χ2n) is 4.67. The Morgan fingerprint density at radius 3 is 2.85 bits per heavy atom. The van der Waals surface area contributed by atoms with E-state index < -0.39 is 11.2 Å². The first-order valence-corrected chi connectivity index (χ1v) is 8.21. The van der Waals surface area contributed by atoms with Crippen molar-refractivity contribution in [2.75, 3.05) is 0 Å². The minimum absolute atomic E-state index is 0.103. The van der Waals surface area contributed by atoms with Gasteiger partial charge in [0.15, 0.2) is 0 Å². The largest absolute Gasteiger partial charge is 0.480 e. The molecular weight excluding hydrogens is 292 g/mol. The minimum Gasteiger partial charge on any atom is -0.480 e. The molecule has 0 aliphatic carbocycles. The van der Waals surface area contributed by atoms with E-state index in [1.165, 1.54) is 23.1 Å². The highest BCUT2D eigenvalue weighted by Crippen LogP contribution is 2.27. The third-order valence-corrected chi connectivity index (χ3v) is 5.18. The Balaban J connectivity index is 2.02. The van der Waals surface area contributed by atoms with Crippen LogP contribution in [0.2, 0.25) is 0 Å². The maximum Gasteiger partial charge on any atom is 0.316 e. The summed E-state index contributed by atoms with van der Waals surface area (Å²) in [6, 6.07) is 5.72. The molecule has 2 heterocycles. The molecule has 0 spiro atoms. The van der Waals surface area contributed by atoms with Gasteiger partial charge in [0.2, 0.25) is 0 Å². The second-order valence-corrected chi connectivity index (χ2v) is 6.66. The van der Waals surface area contributed by atoms with Crippen LogP contribution in [0.15, 0.2) is 29.8 Å². The summed E-state index contributed by atoms with van der Waals surface area (Å²) in [5.74, 6) is -0.0463. The molecule has 2 aromatic rings. The highest BCUT2D eigenvalue weighted by Gasteiger charge is 2.22. The molecule has 0 radical (unpaired) electrons. The van der Waals surface area contributed by atoms with Gasteiger partial charge < -0.3 is 5.11 Å². The number of carboxylic acids is 1. The lowest BCUT2D eigenvalue weighted by molar-refractivity contribution is -0.137. The van der Waals surface area contributed by atoms with Gasteiger partial charge >= 0.3 is 5.97 Å². The van der Waals surface area contributed by atoms with Crippen molar-refractivity contribution in [3.8, 4) is 10.7 Å². The monoisotopic (exact) mass is 308 g/mol. The molecule has 0 saturated heterocycles. The van der Waals surface area contributed by atoms with Crippen LogP contribution in [-0.4, -0.2) is 26.3 Å². The summed E-state index contributed by atoms with van der Waals surface area (Å²) in [5, 5.41) is 11.6. The van der Waals surface area contributed by atoms with Crippen LogP contribution in [-0.2, 0) is 10.5 Å². The summed E-state index contributed by atoms with van der Waals surface area (Å²) in [4.78, 5) is 19.9. The van der Waals surface area contributed by atoms with Crippen molar-refractivity contribution in [2.45, 2.75) is 24.9 Å². The fraction of sp³-hybridized carbons (Fsp3) is 0.357. The van der Waals surface area contributed by atoms with Crippen LogP contribution in [0.4, 0.5) is 0 Å². The van der Waals surface area contributed by atoms with E-state index >= 15 is 0 Å². The fourth-order valence-electron chi connectivity index (χ4n) is 1.70. The molecule has 0 aliphatic heterocycles. The molecule has 0 amide bonds. The number of carboxylic acid groups (broad SMARTS) is 1. The van der Waals surface area contributed by atoms with Crippen LogP contribution in [0, 0.1) is 5.92 Å².